The van der Waals surface area contributed by atoms with Crippen LogP contribution in [-0.4, -0.2) is 25.5 Å². The zero-order valence-electron chi connectivity index (χ0n) is 11.2. The molecule has 1 atom stereocenters. The number of ether oxygens (including phenoxy) is 1. The Bertz CT molecular complexity index is 513. The molecule has 1 aliphatic heterocycles. The first-order chi connectivity index (χ1) is 9.06. The molecule has 0 saturated carbocycles. The molecule has 102 valence electrons. The third kappa shape index (κ3) is 2.54. The van der Waals surface area contributed by atoms with Gasteiger partial charge in [0, 0.05) is 24.3 Å². The second kappa shape index (κ2) is 5.30. The molecule has 19 heavy (non-hydrogen) atoms. The molecular formula is C14H18N2O3. The van der Waals surface area contributed by atoms with E-state index in [-0.39, 0.29) is 24.2 Å². The number of amides is 1. The second-order valence-electron chi connectivity index (χ2n) is 4.67. The normalized spacial score (nSPS) is 18.7. The van der Waals surface area contributed by atoms with Crippen LogP contribution in [0.5, 0.6) is 0 Å². The van der Waals surface area contributed by atoms with E-state index in [0.717, 1.165) is 17.7 Å². The molecule has 1 aromatic rings. The molecule has 0 unspecified atom stereocenters. The van der Waals surface area contributed by atoms with Crippen LogP contribution in [-0.2, 0) is 20.7 Å². The van der Waals surface area contributed by atoms with Gasteiger partial charge in [-0.3, -0.25) is 9.59 Å². The number of carbonyl (C=O) groups excluding carboxylic acids is 2. The summed E-state index contributed by atoms with van der Waals surface area (Å²) in [4.78, 5) is 25.2. The van der Waals surface area contributed by atoms with Gasteiger partial charge in [-0.1, -0.05) is 6.92 Å². The van der Waals surface area contributed by atoms with Gasteiger partial charge in [-0.05, 0) is 30.2 Å². The number of nitrogens with zero attached hydrogens (tertiary/aromatic N) is 1. The topological polar surface area (TPSA) is 72.6 Å². The predicted octanol–water partition coefficient (Wildman–Crippen LogP) is 1.36. The molecule has 5 nitrogen and oxygen atoms in total. The Hall–Kier alpha value is -2.04. The van der Waals surface area contributed by atoms with E-state index in [1.807, 2.05) is 19.1 Å². The van der Waals surface area contributed by atoms with E-state index in [9.17, 15) is 9.59 Å². The summed E-state index contributed by atoms with van der Waals surface area (Å²) in [6.45, 7) is 2.39. The molecule has 5 heteroatoms. The molecule has 2 rings (SSSR count). The van der Waals surface area contributed by atoms with Gasteiger partial charge < -0.3 is 15.4 Å². The van der Waals surface area contributed by atoms with Gasteiger partial charge in [-0.2, -0.15) is 0 Å². The van der Waals surface area contributed by atoms with Crippen molar-refractivity contribution in [1.29, 1.82) is 0 Å². The maximum absolute atomic E-state index is 12.0. The van der Waals surface area contributed by atoms with Crippen molar-refractivity contribution in [2.45, 2.75) is 19.8 Å². The number of aryl methyl sites for hydroxylation is 1. The van der Waals surface area contributed by atoms with Crippen LogP contribution in [0.3, 0.4) is 0 Å². The van der Waals surface area contributed by atoms with Crippen LogP contribution < -0.4 is 10.6 Å². The van der Waals surface area contributed by atoms with Crippen molar-refractivity contribution >= 4 is 23.3 Å². The third-order valence-electron chi connectivity index (χ3n) is 3.43. The Balaban J connectivity index is 2.28. The number of methoxy groups -OCH3 is 1. The number of esters is 1. The van der Waals surface area contributed by atoms with Crippen molar-refractivity contribution in [2.24, 2.45) is 5.92 Å². The lowest BCUT2D eigenvalue weighted by atomic mass is 10.1. The molecule has 0 bridgehead atoms. The Kier molecular flexibility index (Phi) is 3.74. The van der Waals surface area contributed by atoms with Gasteiger partial charge in [0.15, 0.2) is 0 Å². The van der Waals surface area contributed by atoms with E-state index in [2.05, 4.69) is 0 Å². The molecule has 0 spiro atoms. The van der Waals surface area contributed by atoms with Crippen LogP contribution >= 0.6 is 0 Å². The minimum Gasteiger partial charge on any atom is -0.469 e. The van der Waals surface area contributed by atoms with Gasteiger partial charge in [0.25, 0.3) is 0 Å². The highest BCUT2D eigenvalue weighted by Crippen LogP contribution is 2.30. The maximum atomic E-state index is 12.0. The minimum absolute atomic E-state index is 0.0464. The van der Waals surface area contributed by atoms with Crippen molar-refractivity contribution in [3.05, 3.63) is 23.8 Å². The first-order valence-corrected chi connectivity index (χ1v) is 6.33. The van der Waals surface area contributed by atoms with Crippen molar-refractivity contribution < 1.29 is 14.3 Å². The van der Waals surface area contributed by atoms with Gasteiger partial charge >= 0.3 is 5.97 Å². The molecule has 0 radical (unpaired) electrons. The Morgan fingerprint density at radius 3 is 2.89 bits per heavy atom. The van der Waals surface area contributed by atoms with Gasteiger partial charge in [0.2, 0.25) is 5.91 Å². The van der Waals surface area contributed by atoms with Gasteiger partial charge in [0.05, 0.1) is 13.0 Å². The monoisotopic (exact) mass is 262 g/mol. The largest absolute Gasteiger partial charge is 0.469 e. The first kappa shape index (κ1) is 13.4. The average molecular weight is 262 g/mol. The number of hydrogen-bond acceptors (Lipinski definition) is 4. The van der Waals surface area contributed by atoms with Gasteiger partial charge in [0.1, 0.15) is 0 Å². The fourth-order valence-corrected chi connectivity index (χ4v) is 2.42. The number of rotatable bonds is 3. The molecule has 1 amide bonds. The molecule has 0 aliphatic carbocycles. The lowest BCUT2D eigenvalue weighted by Crippen LogP contribution is -2.27. The van der Waals surface area contributed by atoms with Crippen molar-refractivity contribution in [3.8, 4) is 0 Å². The summed E-state index contributed by atoms with van der Waals surface area (Å²) < 4.78 is 4.70. The highest BCUT2D eigenvalue weighted by Gasteiger charge is 2.36. The number of carbonyl (C=O) groups is 2. The van der Waals surface area contributed by atoms with Crippen LogP contribution in [0.25, 0.3) is 0 Å². The quantitative estimate of drug-likeness (QED) is 0.659. The maximum Gasteiger partial charge on any atom is 0.311 e. The van der Waals surface area contributed by atoms with Crippen LogP contribution in [0.2, 0.25) is 0 Å². The van der Waals surface area contributed by atoms with Crippen molar-refractivity contribution in [1.82, 2.24) is 0 Å². The predicted molar refractivity (Wildman–Crippen MR) is 72.7 cm³/mol. The summed E-state index contributed by atoms with van der Waals surface area (Å²) in [6, 6.07) is 5.48. The molecule has 1 heterocycles. The lowest BCUT2D eigenvalue weighted by molar-refractivity contribution is -0.145. The lowest BCUT2D eigenvalue weighted by Gasteiger charge is -2.20. The smallest absolute Gasteiger partial charge is 0.311 e. The Morgan fingerprint density at radius 2 is 2.26 bits per heavy atom. The van der Waals surface area contributed by atoms with E-state index in [0.29, 0.717) is 12.2 Å². The van der Waals surface area contributed by atoms with E-state index in [4.69, 9.17) is 10.5 Å². The van der Waals surface area contributed by atoms with Crippen molar-refractivity contribution in [2.75, 3.05) is 24.3 Å². The number of hydrogen-bond donors (Lipinski definition) is 1. The second-order valence-corrected chi connectivity index (χ2v) is 4.67. The van der Waals surface area contributed by atoms with E-state index >= 15 is 0 Å². The zero-order valence-corrected chi connectivity index (χ0v) is 11.2. The molecule has 1 aliphatic rings. The van der Waals surface area contributed by atoms with E-state index in [1.165, 1.54) is 7.11 Å². The summed E-state index contributed by atoms with van der Waals surface area (Å²) in [6.07, 6.45) is 0.993. The number of nitrogens with two attached hydrogens (primary N) is 1. The van der Waals surface area contributed by atoms with E-state index in [1.54, 1.807) is 11.0 Å². The first-order valence-electron chi connectivity index (χ1n) is 6.33. The highest BCUT2D eigenvalue weighted by molar-refractivity contribution is 6.00. The molecule has 1 fully saturated rings. The fourth-order valence-electron chi connectivity index (χ4n) is 2.42. The summed E-state index contributed by atoms with van der Waals surface area (Å²) in [7, 11) is 1.34. The SMILES string of the molecule is CCc1cc(N)ccc1N1C[C@@H](C(=O)OC)CC1=O. The number of benzene rings is 1. The zero-order chi connectivity index (χ0) is 14.0. The third-order valence-corrected chi connectivity index (χ3v) is 3.43. The molecule has 1 aromatic carbocycles. The summed E-state index contributed by atoms with van der Waals surface area (Å²) in [5.41, 5.74) is 8.29. The van der Waals surface area contributed by atoms with Gasteiger partial charge in [-0.15, -0.1) is 0 Å². The molecular weight excluding hydrogens is 244 g/mol. The summed E-state index contributed by atoms with van der Waals surface area (Å²) in [5.74, 6) is -0.751. The van der Waals surface area contributed by atoms with Crippen LogP contribution in [0, 0.1) is 5.92 Å². The van der Waals surface area contributed by atoms with Crippen LogP contribution in [0.15, 0.2) is 18.2 Å². The summed E-state index contributed by atoms with van der Waals surface area (Å²) >= 11 is 0. The molecule has 2 N–H and O–H groups in total. The number of nitrogen functional groups attached to an aromatic ring is 1. The Labute approximate surface area is 112 Å². The Morgan fingerprint density at radius 1 is 1.53 bits per heavy atom. The molecule has 1 saturated heterocycles. The minimum atomic E-state index is -0.375. The number of anilines is 2. The van der Waals surface area contributed by atoms with Crippen molar-refractivity contribution in [3.63, 3.8) is 0 Å². The fraction of sp³-hybridized carbons (Fsp3) is 0.429. The van der Waals surface area contributed by atoms with Crippen LogP contribution in [0.4, 0.5) is 11.4 Å². The van der Waals surface area contributed by atoms with E-state index < -0.39 is 0 Å². The highest BCUT2D eigenvalue weighted by atomic mass is 16.5. The summed E-state index contributed by atoms with van der Waals surface area (Å²) in [5, 5.41) is 0. The van der Waals surface area contributed by atoms with Crippen LogP contribution in [0.1, 0.15) is 18.9 Å². The average Bonchev–Trinajstić information content (AvgIpc) is 2.79. The van der Waals surface area contributed by atoms with Gasteiger partial charge in [-0.25, -0.2) is 0 Å². The standard InChI is InChI=1S/C14H18N2O3/c1-3-9-6-11(15)4-5-12(9)16-8-10(7-13(16)17)14(18)19-2/h4-6,10H,3,7-8,15H2,1-2H3/t10-/m0/s1. The molecule has 0 aromatic heterocycles.